The highest BCUT2D eigenvalue weighted by Crippen LogP contribution is 2.20. The second-order valence-corrected chi connectivity index (χ2v) is 6.35. The van der Waals surface area contributed by atoms with Crippen molar-refractivity contribution in [3.8, 4) is 0 Å². The maximum atomic E-state index is 12.6. The van der Waals surface area contributed by atoms with E-state index >= 15 is 0 Å². The molecule has 0 radical (unpaired) electrons. The smallest absolute Gasteiger partial charge is 0.331 e. The van der Waals surface area contributed by atoms with Gasteiger partial charge in [-0.3, -0.25) is 19.8 Å². The number of urea groups is 1. The van der Waals surface area contributed by atoms with Crippen LogP contribution in [-0.4, -0.2) is 56.1 Å². The predicted molar refractivity (Wildman–Crippen MR) is 93.0 cm³/mol. The van der Waals surface area contributed by atoms with E-state index in [9.17, 15) is 14.4 Å². The number of imide groups is 2. The van der Waals surface area contributed by atoms with Gasteiger partial charge in [-0.2, -0.15) is 0 Å². The number of rotatable bonds is 4. The number of ether oxygens (including phenoxy) is 1. The fraction of sp³-hybridized carbons (Fsp3) is 0.389. The quantitative estimate of drug-likeness (QED) is 0.660. The third-order valence-electron chi connectivity index (χ3n) is 4.32. The van der Waals surface area contributed by atoms with Gasteiger partial charge in [-0.05, 0) is 36.6 Å². The van der Waals surface area contributed by atoms with Crippen molar-refractivity contribution in [2.45, 2.75) is 18.9 Å². The number of carbonyl (C=O) groups excluding carboxylic acids is 3. The summed E-state index contributed by atoms with van der Waals surface area (Å²) in [7, 11) is 3.86. The molecule has 0 aliphatic carbocycles. The van der Waals surface area contributed by atoms with Crippen molar-refractivity contribution in [1.29, 1.82) is 0 Å². The lowest BCUT2D eigenvalue weighted by molar-refractivity contribution is -0.131. The average Bonchev–Trinajstić information content (AvgIpc) is 3.09. The monoisotopic (exact) mass is 343 g/mol. The summed E-state index contributed by atoms with van der Waals surface area (Å²) in [5, 5.41) is 2.23. The number of nitrogens with zero attached hydrogens (tertiary/aromatic N) is 2. The standard InChI is InChI=1S/C18H21N3O4/c1-20(2)13-7-5-12(6-8-13)10-15-16(22)19-18(24)21(17(15)23)11-14-4-3-9-25-14/h5-8,10,14H,3-4,9,11H2,1-2H3,(H,19,22,24)/b15-10-/t14-/m0/s1. The molecule has 132 valence electrons. The zero-order chi connectivity index (χ0) is 18.0. The Morgan fingerprint density at radius 3 is 2.56 bits per heavy atom. The summed E-state index contributed by atoms with van der Waals surface area (Å²) in [5.41, 5.74) is 1.68. The van der Waals surface area contributed by atoms with Crippen LogP contribution in [0.1, 0.15) is 18.4 Å². The molecule has 4 amide bonds. The Morgan fingerprint density at radius 1 is 1.24 bits per heavy atom. The Labute approximate surface area is 146 Å². The van der Waals surface area contributed by atoms with Crippen molar-refractivity contribution in [1.82, 2.24) is 10.2 Å². The predicted octanol–water partition coefficient (Wildman–Crippen LogP) is 1.39. The molecule has 0 bridgehead atoms. The molecule has 2 heterocycles. The molecule has 1 atom stereocenters. The zero-order valence-electron chi connectivity index (χ0n) is 14.3. The number of amides is 4. The van der Waals surface area contributed by atoms with Gasteiger partial charge in [0, 0.05) is 26.4 Å². The Morgan fingerprint density at radius 2 is 1.96 bits per heavy atom. The van der Waals surface area contributed by atoms with Crippen molar-refractivity contribution in [3.05, 3.63) is 35.4 Å². The van der Waals surface area contributed by atoms with Crippen molar-refractivity contribution >= 4 is 29.6 Å². The lowest BCUT2D eigenvalue weighted by Gasteiger charge is -2.28. The van der Waals surface area contributed by atoms with Crippen molar-refractivity contribution in [2.75, 3.05) is 32.1 Å². The Bertz CT molecular complexity index is 718. The van der Waals surface area contributed by atoms with E-state index in [0.717, 1.165) is 29.0 Å². The first kappa shape index (κ1) is 17.2. The molecule has 25 heavy (non-hydrogen) atoms. The number of carbonyl (C=O) groups is 3. The van der Waals surface area contributed by atoms with Crippen molar-refractivity contribution < 1.29 is 19.1 Å². The zero-order valence-corrected chi connectivity index (χ0v) is 14.3. The topological polar surface area (TPSA) is 79.0 Å². The van der Waals surface area contributed by atoms with Crippen LogP contribution >= 0.6 is 0 Å². The second kappa shape index (κ2) is 7.06. The Kier molecular flexibility index (Phi) is 4.85. The van der Waals surface area contributed by atoms with Gasteiger partial charge in [0.25, 0.3) is 11.8 Å². The number of hydrogen-bond donors (Lipinski definition) is 1. The van der Waals surface area contributed by atoms with Gasteiger partial charge >= 0.3 is 6.03 Å². The summed E-state index contributed by atoms with van der Waals surface area (Å²) in [5.74, 6) is -1.25. The summed E-state index contributed by atoms with van der Waals surface area (Å²) < 4.78 is 5.49. The highest BCUT2D eigenvalue weighted by Gasteiger charge is 2.37. The highest BCUT2D eigenvalue weighted by molar-refractivity contribution is 6.31. The molecule has 1 aromatic carbocycles. The van der Waals surface area contributed by atoms with E-state index in [1.54, 1.807) is 0 Å². The van der Waals surface area contributed by atoms with Crippen LogP contribution in [0.25, 0.3) is 6.08 Å². The van der Waals surface area contributed by atoms with Crippen LogP contribution in [0.2, 0.25) is 0 Å². The Hall–Kier alpha value is -2.67. The molecular formula is C18H21N3O4. The first-order valence-electron chi connectivity index (χ1n) is 8.23. The lowest BCUT2D eigenvalue weighted by Crippen LogP contribution is -2.55. The molecular weight excluding hydrogens is 322 g/mol. The third kappa shape index (κ3) is 3.71. The second-order valence-electron chi connectivity index (χ2n) is 6.35. The number of nitrogens with one attached hydrogen (secondary N) is 1. The molecule has 0 spiro atoms. The van der Waals surface area contributed by atoms with Crippen LogP contribution in [0.15, 0.2) is 29.8 Å². The fourth-order valence-electron chi connectivity index (χ4n) is 2.89. The van der Waals surface area contributed by atoms with E-state index in [1.807, 2.05) is 43.3 Å². The molecule has 7 heteroatoms. The van der Waals surface area contributed by atoms with Crippen LogP contribution in [0.4, 0.5) is 10.5 Å². The molecule has 1 N–H and O–H groups in total. The van der Waals surface area contributed by atoms with Gasteiger partial charge in [0.2, 0.25) is 0 Å². The van der Waals surface area contributed by atoms with Gasteiger partial charge in [-0.25, -0.2) is 4.79 Å². The first-order valence-corrected chi connectivity index (χ1v) is 8.23. The van der Waals surface area contributed by atoms with Gasteiger partial charge in [-0.15, -0.1) is 0 Å². The largest absolute Gasteiger partial charge is 0.378 e. The maximum absolute atomic E-state index is 12.6. The van der Waals surface area contributed by atoms with E-state index in [2.05, 4.69) is 5.32 Å². The average molecular weight is 343 g/mol. The summed E-state index contributed by atoms with van der Waals surface area (Å²) in [4.78, 5) is 39.7. The van der Waals surface area contributed by atoms with Gasteiger partial charge in [0.15, 0.2) is 0 Å². The molecule has 2 saturated heterocycles. The SMILES string of the molecule is CN(C)c1ccc(/C=C2/C(=O)NC(=O)N(C[C@@H]3CCCO3)C2=O)cc1. The Balaban J connectivity index is 1.82. The van der Waals surface area contributed by atoms with Gasteiger partial charge in [-0.1, -0.05) is 12.1 Å². The van der Waals surface area contributed by atoms with E-state index in [0.29, 0.717) is 6.61 Å². The lowest BCUT2D eigenvalue weighted by atomic mass is 10.1. The van der Waals surface area contributed by atoms with E-state index in [1.165, 1.54) is 6.08 Å². The number of anilines is 1. The van der Waals surface area contributed by atoms with Crippen LogP contribution in [-0.2, 0) is 14.3 Å². The van der Waals surface area contributed by atoms with Gasteiger partial charge in [0.05, 0.1) is 12.6 Å². The van der Waals surface area contributed by atoms with E-state index < -0.39 is 17.8 Å². The normalized spacial score (nSPS) is 22.5. The van der Waals surface area contributed by atoms with Gasteiger partial charge < -0.3 is 9.64 Å². The summed E-state index contributed by atoms with van der Waals surface area (Å²) in [6, 6.07) is 6.75. The van der Waals surface area contributed by atoms with E-state index in [-0.39, 0.29) is 18.2 Å². The first-order chi connectivity index (χ1) is 12.0. The molecule has 0 unspecified atom stereocenters. The highest BCUT2D eigenvalue weighted by atomic mass is 16.5. The molecule has 2 aliphatic rings. The summed E-state index contributed by atoms with van der Waals surface area (Å²) >= 11 is 0. The van der Waals surface area contributed by atoms with Crippen LogP contribution in [0.5, 0.6) is 0 Å². The van der Waals surface area contributed by atoms with Gasteiger partial charge in [0.1, 0.15) is 5.57 Å². The minimum absolute atomic E-state index is 0.0461. The fourth-order valence-corrected chi connectivity index (χ4v) is 2.89. The van der Waals surface area contributed by atoms with Crippen molar-refractivity contribution in [3.63, 3.8) is 0 Å². The minimum Gasteiger partial charge on any atom is -0.378 e. The number of benzene rings is 1. The maximum Gasteiger partial charge on any atom is 0.331 e. The molecule has 1 aromatic rings. The molecule has 3 rings (SSSR count). The summed E-state index contributed by atoms with van der Waals surface area (Å²) in [6.45, 7) is 0.795. The number of barbiturate groups is 1. The summed E-state index contributed by atoms with van der Waals surface area (Å²) in [6.07, 6.45) is 3.06. The molecule has 0 saturated carbocycles. The minimum atomic E-state index is -0.689. The molecule has 2 aliphatic heterocycles. The molecule has 0 aromatic heterocycles. The van der Waals surface area contributed by atoms with E-state index in [4.69, 9.17) is 4.74 Å². The van der Waals surface area contributed by atoms with Crippen LogP contribution in [0.3, 0.4) is 0 Å². The number of hydrogen-bond acceptors (Lipinski definition) is 5. The molecule has 7 nitrogen and oxygen atoms in total. The molecule has 2 fully saturated rings. The third-order valence-corrected chi connectivity index (χ3v) is 4.32. The van der Waals surface area contributed by atoms with Crippen molar-refractivity contribution in [2.24, 2.45) is 0 Å². The van der Waals surface area contributed by atoms with Crippen LogP contribution < -0.4 is 10.2 Å². The van der Waals surface area contributed by atoms with Crippen LogP contribution in [0, 0.1) is 0 Å².